The van der Waals surface area contributed by atoms with Crippen molar-refractivity contribution in [3.05, 3.63) is 43.1 Å². The van der Waals surface area contributed by atoms with Crippen molar-refractivity contribution in [2.45, 2.75) is 24.7 Å². The number of nitro groups is 1. The van der Waals surface area contributed by atoms with Gasteiger partial charge in [0.1, 0.15) is 17.9 Å². The molecule has 2 aromatic rings. The number of aliphatic hydroxyl groups excluding tert-OH is 2. The van der Waals surface area contributed by atoms with E-state index < -0.39 is 54.4 Å². The van der Waals surface area contributed by atoms with E-state index in [1.54, 1.807) is 0 Å². The fourth-order valence-corrected chi connectivity index (χ4v) is 3.66. The number of aromatic nitrogens is 2. The summed E-state index contributed by atoms with van der Waals surface area (Å²) < 4.78 is 26.5. The van der Waals surface area contributed by atoms with Crippen molar-refractivity contribution in [2.24, 2.45) is 0 Å². The van der Waals surface area contributed by atoms with Crippen molar-refractivity contribution >= 4 is 30.1 Å². The Labute approximate surface area is 172 Å². The quantitative estimate of drug-likeness (QED) is 0.232. The molecule has 0 saturated carbocycles. The maximum absolute atomic E-state index is 12.6. The van der Waals surface area contributed by atoms with Crippen molar-refractivity contribution < 1.29 is 38.4 Å². The molecule has 1 saturated heterocycles. The highest BCUT2D eigenvalue weighted by Gasteiger charge is 2.48. The number of rotatable bonds is 6. The molecular weight excluding hydrogens is 443 g/mol. The minimum absolute atomic E-state index is 0.0383. The Morgan fingerprint density at radius 2 is 1.94 bits per heavy atom. The minimum atomic E-state index is -4.63. The van der Waals surface area contributed by atoms with Gasteiger partial charge in [-0.3, -0.25) is 33.5 Å². The zero-order valence-electron chi connectivity index (χ0n) is 16.4. The van der Waals surface area contributed by atoms with Gasteiger partial charge in [-0.25, -0.2) is 9.36 Å². The standard InChI is InChI=1S/C15H19N4O11P/c1-17(2)8-5-7-6(4-9(8)19(24)25)12(22)16-15(23)18(7)13-10(20)11(21)14(29-13)30-31(26,27)28-3/h4-5,10-11,13-14,20-21H,1-3H3,(H,26,27)(H,16,22,23)/t10-,11+,13-,14-/m1/s1. The number of nitrogens with one attached hydrogen (secondary N) is 1. The molecule has 1 fully saturated rings. The molecule has 15 nitrogen and oxygen atoms in total. The van der Waals surface area contributed by atoms with Crippen LogP contribution in [0.3, 0.4) is 0 Å². The van der Waals surface area contributed by atoms with E-state index in [1.165, 1.54) is 25.1 Å². The Hall–Kier alpha value is -2.65. The first-order valence-corrected chi connectivity index (χ1v) is 10.1. The Bertz CT molecular complexity index is 1190. The summed E-state index contributed by atoms with van der Waals surface area (Å²) in [5.74, 6) is 0. The van der Waals surface area contributed by atoms with Crippen LogP contribution in [0.15, 0.2) is 21.7 Å². The molecular formula is C15H19N4O11P. The van der Waals surface area contributed by atoms with Gasteiger partial charge in [-0.1, -0.05) is 0 Å². The van der Waals surface area contributed by atoms with E-state index in [2.05, 4.69) is 9.05 Å². The first-order valence-electron chi connectivity index (χ1n) is 8.60. The first-order chi connectivity index (χ1) is 14.4. The number of hydrogen-bond donors (Lipinski definition) is 4. The molecule has 1 aliphatic rings. The van der Waals surface area contributed by atoms with Crippen LogP contribution in [0.1, 0.15) is 6.23 Å². The second kappa shape index (κ2) is 8.12. The highest BCUT2D eigenvalue weighted by molar-refractivity contribution is 7.47. The summed E-state index contributed by atoms with van der Waals surface area (Å²) in [6.45, 7) is 0. The Balaban J connectivity index is 2.21. The topological polar surface area (TPSA) is 207 Å². The van der Waals surface area contributed by atoms with Gasteiger partial charge < -0.3 is 24.7 Å². The predicted octanol–water partition coefficient (Wildman–Crippen LogP) is -0.996. The number of fused-ring (bicyclic) bond motifs is 1. The number of phosphoric acid groups is 1. The maximum atomic E-state index is 12.6. The molecule has 170 valence electrons. The molecule has 0 spiro atoms. The SMILES string of the molecule is COP(=O)(O)O[C@H]1O[C@@H](n2c(=O)[nH]c(=O)c3cc([N+](=O)[O-])c(N(C)C)cc32)[C@H](O)[C@@H]1O. The summed E-state index contributed by atoms with van der Waals surface area (Å²) in [7, 11) is -0.763. The van der Waals surface area contributed by atoms with Crippen LogP contribution in [-0.2, 0) is 18.3 Å². The van der Waals surface area contributed by atoms with Gasteiger partial charge in [0.15, 0.2) is 12.5 Å². The number of aromatic amines is 1. The maximum Gasteiger partial charge on any atom is 0.474 e. The normalized spacial score (nSPS) is 25.5. The highest BCUT2D eigenvalue weighted by atomic mass is 31.2. The summed E-state index contributed by atoms with van der Waals surface area (Å²) in [5.41, 5.74) is -2.52. The molecule has 0 bridgehead atoms. The number of ether oxygens (including phenoxy) is 1. The van der Waals surface area contributed by atoms with Crippen LogP contribution in [0.2, 0.25) is 0 Å². The number of aliphatic hydroxyl groups is 2. The number of phosphoric ester groups is 1. The number of anilines is 1. The average molecular weight is 462 g/mol. The predicted molar refractivity (Wildman–Crippen MR) is 104 cm³/mol. The second-order valence-electron chi connectivity index (χ2n) is 6.77. The molecule has 0 amide bonds. The third kappa shape index (κ3) is 4.12. The Kier molecular flexibility index (Phi) is 6.03. The molecule has 16 heteroatoms. The minimum Gasteiger partial charge on any atom is -0.385 e. The van der Waals surface area contributed by atoms with E-state index >= 15 is 0 Å². The lowest BCUT2D eigenvalue weighted by Gasteiger charge is -2.21. The number of H-pyrrole nitrogens is 1. The van der Waals surface area contributed by atoms with Gasteiger partial charge in [0.05, 0.1) is 15.8 Å². The van der Waals surface area contributed by atoms with E-state index in [1.807, 2.05) is 4.98 Å². The number of nitrogens with zero attached hydrogens (tertiary/aromatic N) is 3. The number of hydrogen-bond acceptors (Lipinski definition) is 11. The molecule has 3 rings (SSSR count). The van der Waals surface area contributed by atoms with Crippen LogP contribution in [0, 0.1) is 10.1 Å². The zero-order valence-corrected chi connectivity index (χ0v) is 17.3. The van der Waals surface area contributed by atoms with Crippen LogP contribution in [0.4, 0.5) is 11.4 Å². The lowest BCUT2D eigenvalue weighted by molar-refractivity contribution is -0.384. The van der Waals surface area contributed by atoms with Gasteiger partial charge in [-0.05, 0) is 6.07 Å². The molecule has 0 aliphatic carbocycles. The highest BCUT2D eigenvalue weighted by Crippen LogP contribution is 2.47. The first kappa shape index (κ1) is 23.0. The summed E-state index contributed by atoms with van der Waals surface area (Å²) in [6.07, 6.45) is -7.26. The lowest BCUT2D eigenvalue weighted by Crippen LogP contribution is -2.38. The third-order valence-electron chi connectivity index (χ3n) is 4.63. The van der Waals surface area contributed by atoms with E-state index in [0.29, 0.717) is 0 Å². The van der Waals surface area contributed by atoms with E-state index in [9.17, 15) is 39.4 Å². The van der Waals surface area contributed by atoms with Crippen molar-refractivity contribution in [1.82, 2.24) is 9.55 Å². The summed E-state index contributed by atoms with van der Waals surface area (Å²) in [4.78, 5) is 48.3. The molecule has 1 unspecified atom stereocenters. The molecule has 1 aromatic heterocycles. The van der Waals surface area contributed by atoms with Gasteiger partial charge >= 0.3 is 13.5 Å². The Morgan fingerprint density at radius 1 is 1.29 bits per heavy atom. The average Bonchev–Trinajstić information content (AvgIpc) is 2.95. The van der Waals surface area contributed by atoms with Gasteiger partial charge in [-0.15, -0.1) is 0 Å². The number of nitro benzene ring substituents is 1. The molecule has 0 radical (unpaired) electrons. The monoisotopic (exact) mass is 462 g/mol. The smallest absolute Gasteiger partial charge is 0.385 e. The summed E-state index contributed by atoms with van der Waals surface area (Å²) in [5, 5.41) is 31.7. The fourth-order valence-electron chi connectivity index (χ4n) is 3.14. The largest absolute Gasteiger partial charge is 0.474 e. The van der Waals surface area contributed by atoms with Gasteiger partial charge in [-0.2, -0.15) is 0 Å². The van der Waals surface area contributed by atoms with Gasteiger partial charge in [0.25, 0.3) is 11.2 Å². The third-order valence-corrected chi connectivity index (χ3v) is 5.57. The summed E-state index contributed by atoms with van der Waals surface area (Å²) in [6, 6.07) is 2.13. The van der Waals surface area contributed by atoms with Crippen LogP contribution < -0.4 is 16.1 Å². The Morgan fingerprint density at radius 3 is 2.48 bits per heavy atom. The molecule has 2 heterocycles. The van der Waals surface area contributed by atoms with E-state index in [4.69, 9.17) is 4.74 Å². The molecule has 1 aliphatic heterocycles. The number of benzene rings is 1. The summed E-state index contributed by atoms with van der Waals surface area (Å²) >= 11 is 0. The van der Waals surface area contributed by atoms with Crippen LogP contribution in [0.25, 0.3) is 10.9 Å². The zero-order chi connectivity index (χ0) is 23.2. The van der Waals surface area contributed by atoms with Crippen LogP contribution in [-0.4, -0.2) is 69.3 Å². The molecule has 4 N–H and O–H groups in total. The van der Waals surface area contributed by atoms with E-state index in [-0.39, 0.29) is 16.6 Å². The van der Waals surface area contributed by atoms with Crippen molar-refractivity contribution in [2.75, 3.05) is 26.1 Å². The fraction of sp³-hybridized carbons (Fsp3) is 0.467. The second-order valence-corrected chi connectivity index (χ2v) is 8.28. The van der Waals surface area contributed by atoms with E-state index in [0.717, 1.165) is 17.7 Å². The molecule has 5 atom stereocenters. The van der Waals surface area contributed by atoms with Gasteiger partial charge in [0.2, 0.25) is 0 Å². The van der Waals surface area contributed by atoms with Crippen molar-refractivity contribution in [1.29, 1.82) is 0 Å². The van der Waals surface area contributed by atoms with Crippen LogP contribution in [0.5, 0.6) is 0 Å². The molecule has 1 aromatic carbocycles. The van der Waals surface area contributed by atoms with Crippen molar-refractivity contribution in [3.8, 4) is 0 Å². The van der Waals surface area contributed by atoms with Crippen LogP contribution >= 0.6 is 7.82 Å². The molecule has 31 heavy (non-hydrogen) atoms. The van der Waals surface area contributed by atoms with Crippen molar-refractivity contribution in [3.63, 3.8) is 0 Å². The van der Waals surface area contributed by atoms with Gasteiger partial charge in [0, 0.05) is 27.3 Å². The lowest BCUT2D eigenvalue weighted by atomic mass is 10.1.